The van der Waals surface area contributed by atoms with Gasteiger partial charge < -0.3 is 20.1 Å². The zero-order valence-electron chi connectivity index (χ0n) is 16.0. The first-order valence-corrected chi connectivity index (χ1v) is 10.2. The number of amides is 2. The van der Waals surface area contributed by atoms with Crippen LogP contribution in [-0.2, 0) is 9.59 Å². The van der Waals surface area contributed by atoms with E-state index in [1.807, 2.05) is 0 Å². The van der Waals surface area contributed by atoms with Crippen molar-refractivity contribution in [3.8, 4) is 11.5 Å². The third-order valence-corrected chi connectivity index (χ3v) is 4.75. The number of nitrogens with one attached hydrogen (secondary N) is 2. The molecule has 0 saturated heterocycles. The Kier molecular flexibility index (Phi) is 7.86. The lowest BCUT2D eigenvalue weighted by Crippen LogP contribution is -2.23. The number of anilines is 2. The number of carbonyl (C=O) groups excluding carboxylic acids is 2. The maximum absolute atomic E-state index is 13.7. The highest BCUT2D eigenvalue weighted by atomic mass is 79.9. The molecule has 3 rings (SSSR count). The minimum Gasteiger partial charge on any atom is -0.484 e. The summed E-state index contributed by atoms with van der Waals surface area (Å²) in [5.74, 6) is -1.28. The first-order valence-electron chi connectivity index (χ1n) is 9.06. The number of rotatable bonds is 8. The minimum absolute atomic E-state index is 0.0613. The van der Waals surface area contributed by atoms with E-state index in [2.05, 4.69) is 26.6 Å². The summed E-state index contributed by atoms with van der Waals surface area (Å²) in [4.78, 5) is 24.5. The Morgan fingerprint density at radius 1 is 0.839 bits per heavy atom. The van der Waals surface area contributed by atoms with E-state index in [9.17, 15) is 14.0 Å². The number of para-hydroxylation sites is 3. The molecular weight excluding hydrogens is 491 g/mol. The van der Waals surface area contributed by atoms with Gasteiger partial charge in [-0.05, 0) is 48.5 Å². The van der Waals surface area contributed by atoms with E-state index in [1.54, 1.807) is 48.5 Å². The lowest BCUT2D eigenvalue weighted by atomic mass is 10.2. The standard InChI is InChI=1S/C22H17BrClFN2O4/c23-14-8-10-15(11-9-14)30-12-20(28)26-18-6-1-2-7-19(18)27-21(29)13-31-22-16(24)4-3-5-17(22)25/h1-11H,12-13H2,(H,26,28)(H,27,29). The molecule has 0 aliphatic heterocycles. The zero-order chi connectivity index (χ0) is 22.2. The minimum atomic E-state index is -0.668. The second kappa shape index (κ2) is 10.8. The smallest absolute Gasteiger partial charge is 0.262 e. The number of ether oxygens (including phenoxy) is 2. The fourth-order valence-corrected chi connectivity index (χ4v) is 2.99. The van der Waals surface area contributed by atoms with Gasteiger partial charge in [-0.15, -0.1) is 0 Å². The fraction of sp³-hybridized carbons (Fsp3) is 0.0909. The van der Waals surface area contributed by atoms with Gasteiger partial charge in [0.1, 0.15) is 5.75 Å². The molecule has 0 fully saturated rings. The summed E-state index contributed by atoms with van der Waals surface area (Å²) in [6.07, 6.45) is 0. The first-order chi connectivity index (χ1) is 14.9. The van der Waals surface area contributed by atoms with Crippen LogP contribution < -0.4 is 20.1 Å². The van der Waals surface area contributed by atoms with E-state index < -0.39 is 24.2 Å². The van der Waals surface area contributed by atoms with E-state index >= 15 is 0 Å². The van der Waals surface area contributed by atoms with Crippen LogP contribution in [0.2, 0.25) is 5.02 Å². The van der Waals surface area contributed by atoms with Crippen molar-refractivity contribution in [1.82, 2.24) is 0 Å². The van der Waals surface area contributed by atoms with E-state index in [1.165, 1.54) is 18.2 Å². The lowest BCUT2D eigenvalue weighted by Gasteiger charge is -2.13. The number of benzene rings is 3. The van der Waals surface area contributed by atoms with Gasteiger partial charge in [-0.25, -0.2) is 4.39 Å². The van der Waals surface area contributed by atoms with Crippen molar-refractivity contribution in [2.24, 2.45) is 0 Å². The average Bonchev–Trinajstić information content (AvgIpc) is 2.74. The van der Waals surface area contributed by atoms with Crippen molar-refractivity contribution in [2.75, 3.05) is 23.8 Å². The monoisotopic (exact) mass is 506 g/mol. The second-order valence-corrected chi connectivity index (χ2v) is 7.55. The van der Waals surface area contributed by atoms with E-state index in [0.717, 1.165) is 4.47 Å². The van der Waals surface area contributed by atoms with Crippen molar-refractivity contribution in [1.29, 1.82) is 0 Å². The highest BCUT2D eigenvalue weighted by molar-refractivity contribution is 9.10. The van der Waals surface area contributed by atoms with E-state index in [-0.39, 0.29) is 17.4 Å². The Bertz CT molecular complexity index is 1060. The molecule has 2 amide bonds. The number of halogens is 3. The molecule has 0 spiro atoms. The average molecular weight is 508 g/mol. The van der Waals surface area contributed by atoms with Crippen LogP contribution in [0.3, 0.4) is 0 Å². The topological polar surface area (TPSA) is 76.7 Å². The molecule has 0 aromatic heterocycles. The molecule has 0 aliphatic carbocycles. The van der Waals surface area contributed by atoms with Crippen LogP contribution in [0.4, 0.5) is 15.8 Å². The Morgan fingerprint density at radius 3 is 2.00 bits per heavy atom. The van der Waals surface area contributed by atoms with Crippen molar-refractivity contribution in [3.05, 3.63) is 82.0 Å². The molecule has 0 atom stereocenters. The molecular formula is C22H17BrClFN2O4. The van der Waals surface area contributed by atoms with Crippen LogP contribution in [0.5, 0.6) is 11.5 Å². The van der Waals surface area contributed by atoms with Crippen LogP contribution in [0.25, 0.3) is 0 Å². The first kappa shape index (κ1) is 22.6. The molecule has 3 aromatic rings. The van der Waals surface area contributed by atoms with Crippen LogP contribution in [0, 0.1) is 5.82 Å². The maximum Gasteiger partial charge on any atom is 0.262 e. The third kappa shape index (κ3) is 6.70. The van der Waals surface area contributed by atoms with Gasteiger partial charge in [0.2, 0.25) is 0 Å². The van der Waals surface area contributed by atoms with Crippen LogP contribution in [-0.4, -0.2) is 25.0 Å². The number of hydrogen-bond acceptors (Lipinski definition) is 4. The van der Waals surface area contributed by atoms with Gasteiger partial charge in [0.05, 0.1) is 16.4 Å². The van der Waals surface area contributed by atoms with Crippen molar-refractivity contribution >= 4 is 50.7 Å². The zero-order valence-corrected chi connectivity index (χ0v) is 18.4. The van der Waals surface area contributed by atoms with Crippen molar-refractivity contribution in [2.45, 2.75) is 0 Å². The van der Waals surface area contributed by atoms with Crippen molar-refractivity contribution < 1.29 is 23.5 Å². The maximum atomic E-state index is 13.7. The summed E-state index contributed by atoms with van der Waals surface area (Å²) in [7, 11) is 0. The quantitative estimate of drug-likeness (QED) is 0.435. The van der Waals surface area contributed by atoms with Crippen LogP contribution >= 0.6 is 27.5 Å². The molecule has 0 radical (unpaired) electrons. The lowest BCUT2D eigenvalue weighted by molar-refractivity contribution is -0.119. The molecule has 0 heterocycles. The Hall–Kier alpha value is -3.10. The molecule has 31 heavy (non-hydrogen) atoms. The van der Waals surface area contributed by atoms with E-state index in [4.69, 9.17) is 21.1 Å². The van der Waals surface area contributed by atoms with Gasteiger partial charge in [-0.1, -0.05) is 45.7 Å². The number of carbonyl (C=O) groups is 2. The molecule has 2 N–H and O–H groups in total. The Morgan fingerprint density at radius 2 is 1.42 bits per heavy atom. The molecule has 3 aromatic carbocycles. The van der Waals surface area contributed by atoms with Gasteiger partial charge >= 0.3 is 0 Å². The number of hydrogen-bond donors (Lipinski definition) is 2. The molecule has 0 bridgehead atoms. The summed E-state index contributed by atoms with van der Waals surface area (Å²) in [5.41, 5.74) is 0.733. The van der Waals surface area contributed by atoms with Gasteiger partial charge in [0.15, 0.2) is 24.8 Å². The Labute approximate surface area is 191 Å². The fourth-order valence-electron chi connectivity index (χ4n) is 2.51. The largest absolute Gasteiger partial charge is 0.484 e. The van der Waals surface area contributed by atoms with E-state index in [0.29, 0.717) is 17.1 Å². The van der Waals surface area contributed by atoms with Gasteiger partial charge in [-0.3, -0.25) is 9.59 Å². The predicted molar refractivity (Wildman–Crippen MR) is 120 cm³/mol. The Balaban J connectivity index is 1.56. The normalized spacial score (nSPS) is 10.3. The SMILES string of the molecule is O=C(COc1ccc(Br)cc1)Nc1ccccc1NC(=O)COc1c(F)cccc1Cl. The highest BCUT2D eigenvalue weighted by Crippen LogP contribution is 2.27. The van der Waals surface area contributed by atoms with Gasteiger partial charge in [0, 0.05) is 4.47 Å². The van der Waals surface area contributed by atoms with Crippen LogP contribution in [0.1, 0.15) is 0 Å². The summed E-state index contributed by atoms with van der Waals surface area (Å²) in [6, 6.07) is 17.8. The summed E-state index contributed by atoms with van der Waals surface area (Å²) in [5, 5.41) is 5.36. The molecule has 160 valence electrons. The molecule has 0 unspecified atom stereocenters. The van der Waals surface area contributed by atoms with Crippen LogP contribution in [0.15, 0.2) is 71.2 Å². The molecule has 0 aliphatic rings. The molecule has 0 saturated carbocycles. The molecule has 9 heteroatoms. The van der Waals surface area contributed by atoms with Gasteiger partial charge in [0.25, 0.3) is 11.8 Å². The third-order valence-electron chi connectivity index (χ3n) is 3.93. The van der Waals surface area contributed by atoms with Crippen molar-refractivity contribution in [3.63, 3.8) is 0 Å². The predicted octanol–water partition coefficient (Wildman–Crippen LogP) is 5.28. The summed E-state index contributed by atoms with van der Waals surface area (Å²) >= 11 is 9.20. The summed E-state index contributed by atoms with van der Waals surface area (Å²) < 4.78 is 25.3. The van der Waals surface area contributed by atoms with Gasteiger partial charge in [-0.2, -0.15) is 0 Å². The molecule has 6 nitrogen and oxygen atoms in total. The second-order valence-electron chi connectivity index (χ2n) is 6.22. The highest BCUT2D eigenvalue weighted by Gasteiger charge is 2.13. The summed E-state index contributed by atoms with van der Waals surface area (Å²) in [6.45, 7) is -0.672.